The summed E-state index contributed by atoms with van der Waals surface area (Å²) < 4.78 is 0. The molecule has 0 spiro atoms. The summed E-state index contributed by atoms with van der Waals surface area (Å²) in [6, 6.07) is 0. The molecule has 1 amide bonds. The SMILES string of the molecule is CSCCCCCNC(=O)CC(CN)CC(C)C. The second kappa shape index (κ2) is 11.8. The van der Waals surface area contributed by atoms with Crippen molar-refractivity contribution >= 4 is 17.7 Å². The van der Waals surface area contributed by atoms with Gasteiger partial charge in [-0.1, -0.05) is 20.3 Å². The molecule has 0 saturated heterocycles. The molecule has 0 saturated carbocycles. The fourth-order valence-corrected chi connectivity index (χ4v) is 2.53. The van der Waals surface area contributed by atoms with Crippen LogP contribution in [-0.4, -0.2) is 31.0 Å². The molecule has 0 radical (unpaired) electrons. The normalized spacial score (nSPS) is 12.7. The van der Waals surface area contributed by atoms with Crippen LogP contribution in [0.25, 0.3) is 0 Å². The molecular formula is C14H30N2OS. The van der Waals surface area contributed by atoms with Crippen LogP contribution in [0.1, 0.15) is 46.0 Å². The number of nitrogens with two attached hydrogens (primary N) is 1. The predicted molar refractivity (Wildman–Crippen MR) is 81.9 cm³/mol. The Morgan fingerprint density at radius 1 is 1.28 bits per heavy atom. The minimum absolute atomic E-state index is 0.163. The van der Waals surface area contributed by atoms with Gasteiger partial charge in [0.05, 0.1) is 0 Å². The van der Waals surface area contributed by atoms with Gasteiger partial charge in [-0.2, -0.15) is 11.8 Å². The molecule has 3 nitrogen and oxygen atoms in total. The number of carbonyl (C=O) groups excluding carboxylic acids is 1. The van der Waals surface area contributed by atoms with Gasteiger partial charge in [0, 0.05) is 13.0 Å². The van der Waals surface area contributed by atoms with Crippen molar-refractivity contribution in [2.45, 2.75) is 46.0 Å². The summed E-state index contributed by atoms with van der Waals surface area (Å²) in [7, 11) is 0. The van der Waals surface area contributed by atoms with E-state index >= 15 is 0 Å². The van der Waals surface area contributed by atoms with Crippen molar-refractivity contribution in [1.29, 1.82) is 0 Å². The molecular weight excluding hydrogens is 244 g/mol. The van der Waals surface area contributed by atoms with Gasteiger partial charge >= 0.3 is 0 Å². The smallest absolute Gasteiger partial charge is 0.220 e. The van der Waals surface area contributed by atoms with Crippen LogP contribution >= 0.6 is 11.8 Å². The number of rotatable bonds is 11. The van der Waals surface area contributed by atoms with Crippen LogP contribution in [0.2, 0.25) is 0 Å². The van der Waals surface area contributed by atoms with Crippen molar-refractivity contribution in [2.75, 3.05) is 25.1 Å². The zero-order valence-corrected chi connectivity index (χ0v) is 13.0. The van der Waals surface area contributed by atoms with Gasteiger partial charge in [0.25, 0.3) is 0 Å². The number of unbranched alkanes of at least 4 members (excludes halogenated alkanes) is 2. The van der Waals surface area contributed by atoms with E-state index in [0.717, 1.165) is 19.4 Å². The Hall–Kier alpha value is -0.220. The van der Waals surface area contributed by atoms with Gasteiger partial charge < -0.3 is 11.1 Å². The van der Waals surface area contributed by atoms with E-state index in [4.69, 9.17) is 5.73 Å². The molecule has 4 heteroatoms. The lowest BCUT2D eigenvalue weighted by molar-refractivity contribution is -0.122. The number of hydrogen-bond acceptors (Lipinski definition) is 3. The van der Waals surface area contributed by atoms with E-state index in [2.05, 4.69) is 25.4 Å². The van der Waals surface area contributed by atoms with Crippen LogP contribution < -0.4 is 11.1 Å². The molecule has 1 unspecified atom stereocenters. The Morgan fingerprint density at radius 2 is 2.00 bits per heavy atom. The summed E-state index contributed by atoms with van der Waals surface area (Å²) in [5, 5.41) is 3.00. The van der Waals surface area contributed by atoms with Gasteiger partial charge in [-0.3, -0.25) is 4.79 Å². The number of nitrogens with one attached hydrogen (secondary N) is 1. The Bertz CT molecular complexity index is 210. The first-order valence-corrected chi connectivity index (χ1v) is 8.45. The fourth-order valence-electron chi connectivity index (χ4n) is 2.04. The summed E-state index contributed by atoms with van der Waals surface area (Å²) >= 11 is 1.88. The third-order valence-corrected chi connectivity index (χ3v) is 3.66. The average Bonchev–Trinajstić information content (AvgIpc) is 2.32. The van der Waals surface area contributed by atoms with Crippen molar-refractivity contribution in [2.24, 2.45) is 17.6 Å². The molecule has 0 aromatic rings. The third kappa shape index (κ3) is 10.9. The van der Waals surface area contributed by atoms with E-state index in [1.807, 2.05) is 11.8 Å². The lowest BCUT2D eigenvalue weighted by atomic mass is 9.94. The van der Waals surface area contributed by atoms with Crippen molar-refractivity contribution < 1.29 is 4.79 Å². The average molecular weight is 274 g/mol. The number of amides is 1. The summed E-state index contributed by atoms with van der Waals surface area (Å²) in [5.74, 6) is 2.33. The lowest BCUT2D eigenvalue weighted by Gasteiger charge is -2.16. The Kier molecular flexibility index (Phi) is 11.7. The van der Waals surface area contributed by atoms with E-state index in [9.17, 15) is 4.79 Å². The van der Waals surface area contributed by atoms with E-state index in [1.165, 1.54) is 18.6 Å². The van der Waals surface area contributed by atoms with Crippen molar-refractivity contribution in [3.05, 3.63) is 0 Å². The molecule has 0 aromatic carbocycles. The largest absolute Gasteiger partial charge is 0.356 e. The van der Waals surface area contributed by atoms with Crippen molar-refractivity contribution in [3.63, 3.8) is 0 Å². The summed E-state index contributed by atoms with van der Waals surface area (Å²) in [5.41, 5.74) is 5.70. The second-order valence-corrected chi connectivity index (χ2v) is 6.32. The zero-order valence-electron chi connectivity index (χ0n) is 12.2. The molecule has 3 N–H and O–H groups in total. The van der Waals surface area contributed by atoms with Gasteiger partial charge in [0.1, 0.15) is 0 Å². The molecule has 0 bridgehead atoms. The number of hydrogen-bond donors (Lipinski definition) is 2. The maximum atomic E-state index is 11.7. The third-order valence-electron chi connectivity index (χ3n) is 2.96. The van der Waals surface area contributed by atoms with Crippen molar-refractivity contribution in [1.82, 2.24) is 5.32 Å². The van der Waals surface area contributed by atoms with Crippen LogP contribution in [0.5, 0.6) is 0 Å². The van der Waals surface area contributed by atoms with Crippen LogP contribution in [0.15, 0.2) is 0 Å². The lowest BCUT2D eigenvalue weighted by Crippen LogP contribution is -2.29. The van der Waals surface area contributed by atoms with Gasteiger partial charge in [0.2, 0.25) is 5.91 Å². The highest BCUT2D eigenvalue weighted by Gasteiger charge is 2.13. The predicted octanol–water partition coefficient (Wildman–Crippen LogP) is 2.65. The maximum Gasteiger partial charge on any atom is 0.220 e. The maximum absolute atomic E-state index is 11.7. The second-order valence-electron chi connectivity index (χ2n) is 5.34. The summed E-state index contributed by atoms with van der Waals surface area (Å²) in [4.78, 5) is 11.7. The minimum atomic E-state index is 0.163. The molecule has 0 aliphatic heterocycles. The molecule has 108 valence electrons. The van der Waals surface area contributed by atoms with Crippen LogP contribution in [0.3, 0.4) is 0 Å². The molecule has 0 aromatic heterocycles. The standard InChI is InChI=1S/C14H30N2OS/c1-12(2)9-13(11-15)10-14(17)16-7-5-4-6-8-18-3/h12-13H,4-11,15H2,1-3H3,(H,16,17). The van der Waals surface area contributed by atoms with Crippen LogP contribution in [-0.2, 0) is 4.79 Å². The van der Waals surface area contributed by atoms with Crippen LogP contribution in [0.4, 0.5) is 0 Å². The molecule has 0 fully saturated rings. The van der Waals surface area contributed by atoms with E-state index in [0.29, 0.717) is 24.8 Å². The minimum Gasteiger partial charge on any atom is -0.356 e. The first-order valence-electron chi connectivity index (χ1n) is 7.05. The highest BCUT2D eigenvalue weighted by molar-refractivity contribution is 7.98. The van der Waals surface area contributed by atoms with Crippen LogP contribution in [0, 0.1) is 11.8 Å². The summed E-state index contributed by atoms with van der Waals surface area (Å²) in [6.07, 6.45) is 7.29. The van der Waals surface area contributed by atoms with E-state index < -0.39 is 0 Å². The van der Waals surface area contributed by atoms with E-state index in [1.54, 1.807) is 0 Å². The van der Waals surface area contributed by atoms with Gasteiger partial charge in [-0.05, 0) is 49.7 Å². The van der Waals surface area contributed by atoms with Crippen molar-refractivity contribution in [3.8, 4) is 0 Å². The molecule has 0 heterocycles. The highest BCUT2D eigenvalue weighted by atomic mass is 32.2. The highest BCUT2D eigenvalue weighted by Crippen LogP contribution is 2.13. The Morgan fingerprint density at radius 3 is 2.56 bits per heavy atom. The summed E-state index contributed by atoms with van der Waals surface area (Å²) in [6.45, 7) is 5.77. The van der Waals surface area contributed by atoms with E-state index in [-0.39, 0.29) is 5.91 Å². The molecule has 1 atom stereocenters. The number of thioether (sulfide) groups is 1. The van der Waals surface area contributed by atoms with Gasteiger partial charge in [0.15, 0.2) is 0 Å². The first-order chi connectivity index (χ1) is 8.60. The zero-order chi connectivity index (χ0) is 13.8. The molecule has 0 aliphatic rings. The quantitative estimate of drug-likeness (QED) is 0.570. The first kappa shape index (κ1) is 17.8. The Labute approximate surface area is 117 Å². The topological polar surface area (TPSA) is 55.1 Å². The Balaban J connectivity index is 3.56. The molecule has 0 aliphatic carbocycles. The van der Waals surface area contributed by atoms with Gasteiger partial charge in [-0.15, -0.1) is 0 Å². The molecule has 18 heavy (non-hydrogen) atoms. The number of carbonyl (C=O) groups is 1. The molecule has 0 rings (SSSR count). The monoisotopic (exact) mass is 274 g/mol. The van der Waals surface area contributed by atoms with Gasteiger partial charge in [-0.25, -0.2) is 0 Å². The fraction of sp³-hybridized carbons (Fsp3) is 0.929.